The van der Waals surface area contributed by atoms with Crippen LogP contribution in [-0.4, -0.2) is 41.8 Å². The second kappa shape index (κ2) is 10.2. The van der Waals surface area contributed by atoms with Crippen molar-refractivity contribution in [2.45, 2.75) is 50.9 Å². The first-order valence-electron chi connectivity index (χ1n) is 11.5. The molecule has 1 aromatic heterocycles. The van der Waals surface area contributed by atoms with E-state index in [1.165, 1.54) is 31.2 Å². The number of rotatable bonds is 6. The van der Waals surface area contributed by atoms with Gasteiger partial charge >= 0.3 is 0 Å². The summed E-state index contributed by atoms with van der Waals surface area (Å²) in [4.78, 5) is 11.5. The van der Waals surface area contributed by atoms with Crippen LogP contribution < -0.4 is 20.3 Å². The quantitative estimate of drug-likeness (QED) is 0.561. The summed E-state index contributed by atoms with van der Waals surface area (Å²) in [6, 6.07) is 10.1. The predicted molar refractivity (Wildman–Crippen MR) is 135 cm³/mol. The number of nitrogens with zero attached hydrogens (tertiary/aromatic N) is 3. The number of thiocarbonyl (C=S) groups is 1. The van der Waals surface area contributed by atoms with Crippen LogP contribution in [0.1, 0.15) is 51.0 Å². The van der Waals surface area contributed by atoms with Gasteiger partial charge in [-0.1, -0.05) is 43.5 Å². The fraction of sp³-hybridized carbons (Fsp3) is 0.542. The number of aromatic nitrogens is 2. The summed E-state index contributed by atoms with van der Waals surface area (Å²) in [6.45, 7) is 5.03. The third-order valence-electron chi connectivity index (χ3n) is 6.71. The first-order chi connectivity index (χ1) is 15.5. The lowest BCUT2D eigenvalue weighted by Crippen LogP contribution is -2.41. The third kappa shape index (κ3) is 5.44. The van der Waals surface area contributed by atoms with Gasteiger partial charge in [0.05, 0.1) is 7.11 Å². The summed E-state index contributed by atoms with van der Waals surface area (Å²) < 4.78 is 5.43. The molecular formula is C24H32ClN5OS. The highest BCUT2D eigenvalue weighted by atomic mass is 35.5. The number of halogens is 1. The summed E-state index contributed by atoms with van der Waals surface area (Å²) >= 11 is 11.7. The summed E-state index contributed by atoms with van der Waals surface area (Å²) in [5.74, 6) is 2.52. The van der Waals surface area contributed by atoms with Crippen molar-refractivity contribution in [2.75, 3.05) is 37.0 Å². The lowest BCUT2D eigenvalue weighted by Gasteiger charge is -2.32. The van der Waals surface area contributed by atoms with Gasteiger partial charge < -0.3 is 20.3 Å². The number of benzene rings is 1. The van der Waals surface area contributed by atoms with E-state index in [1.807, 2.05) is 18.2 Å². The Bertz CT molecular complexity index is 932. The minimum Gasteiger partial charge on any atom is -0.481 e. The largest absolute Gasteiger partial charge is 0.481 e. The van der Waals surface area contributed by atoms with Crippen LogP contribution in [0.4, 0.5) is 11.8 Å². The molecule has 0 radical (unpaired) electrons. The minimum absolute atomic E-state index is 0.0701. The highest BCUT2D eigenvalue weighted by Crippen LogP contribution is 2.41. The summed E-state index contributed by atoms with van der Waals surface area (Å²) in [5.41, 5.74) is 1.38. The van der Waals surface area contributed by atoms with E-state index >= 15 is 0 Å². The maximum Gasteiger partial charge on any atom is 0.234 e. The molecule has 1 atom stereocenters. The molecule has 32 heavy (non-hydrogen) atoms. The molecule has 2 aliphatic rings. The maximum atomic E-state index is 6.11. The van der Waals surface area contributed by atoms with Crippen LogP contribution in [0.15, 0.2) is 30.3 Å². The molecule has 0 bridgehead atoms. The van der Waals surface area contributed by atoms with Gasteiger partial charge in [-0.05, 0) is 61.5 Å². The smallest absolute Gasteiger partial charge is 0.234 e. The summed E-state index contributed by atoms with van der Waals surface area (Å²) in [7, 11) is 1.63. The molecule has 2 aromatic rings. The van der Waals surface area contributed by atoms with E-state index in [0.717, 1.165) is 43.3 Å². The highest BCUT2D eigenvalue weighted by molar-refractivity contribution is 7.80. The molecule has 1 aromatic carbocycles. The van der Waals surface area contributed by atoms with Gasteiger partial charge in [0.25, 0.3) is 0 Å². The van der Waals surface area contributed by atoms with Crippen molar-refractivity contribution in [2.24, 2.45) is 5.92 Å². The number of ether oxygens (including phenoxy) is 1. The van der Waals surface area contributed by atoms with Crippen LogP contribution >= 0.6 is 23.8 Å². The molecule has 2 N–H and O–H groups in total. The van der Waals surface area contributed by atoms with Crippen LogP contribution in [0.3, 0.4) is 0 Å². The zero-order chi connectivity index (χ0) is 22.6. The van der Waals surface area contributed by atoms with Crippen molar-refractivity contribution in [3.8, 4) is 5.88 Å². The second-order valence-electron chi connectivity index (χ2n) is 9.09. The van der Waals surface area contributed by atoms with Crippen LogP contribution in [-0.2, 0) is 5.41 Å². The van der Waals surface area contributed by atoms with Crippen molar-refractivity contribution in [1.29, 1.82) is 0 Å². The lowest BCUT2D eigenvalue weighted by atomic mass is 9.79. The maximum absolute atomic E-state index is 6.11. The molecule has 2 heterocycles. The van der Waals surface area contributed by atoms with E-state index in [1.54, 1.807) is 7.11 Å². The van der Waals surface area contributed by atoms with Crippen molar-refractivity contribution in [3.63, 3.8) is 0 Å². The molecule has 1 saturated heterocycles. The SMILES string of the molecule is COc1cc(N2CCC[C@H](C)C2)nc(NC(=S)NCC2(c3ccc(Cl)cc3)CCCC2)n1. The van der Waals surface area contributed by atoms with E-state index < -0.39 is 0 Å². The van der Waals surface area contributed by atoms with Gasteiger partial charge in [-0.3, -0.25) is 0 Å². The Kier molecular flexibility index (Phi) is 7.36. The lowest BCUT2D eigenvalue weighted by molar-refractivity contribution is 0.396. The molecule has 1 saturated carbocycles. The number of hydrogen-bond acceptors (Lipinski definition) is 5. The van der Waals surface area contributed by atoms with Gasteiger partial charge in [-0.25, -0.2) is 0 Å². The van der Waals surface area contributed by atoms with Gasteiger partial charge in [0, 0.05) is 36.1 Å². The predicted octanol–water partition coefficient (Wildman–Crippen LogP) is 5.17. The molecule has 8 heteroatoms. The number of nitrogens with one attached hydrogen (secondary N) is 2. The van der Waals surface area contributed by atoms with Gasteiger partial charge in [0.1, 0.15) is 5.82 Å². The van der Waals surface area contributed by atoms with Crippen molar-refractivity contribution < 1.29 is 4.74 Å². The molecule has 172 valence electrons. The average molecular weight is 474 g/mol. The van der Waals surface area contributed by atoms with Gasteiger partial charge in [0.2, 0.25) is 11.8 Å². The fourth-order valence-electron chi connectivity index (χ4n) is 4.95. The summed E-state index contributed by atoms with van der Waals surface area (Å²) in [5, 5.41) is 7.89. The van der Waals surface area contributed by atoms with Gasteiger partial charge in [0.15, 0.2) is 5.11 Å². The molecule has 6 nitrogen and oxygen atoms in total. The van der Waals surface area contributed by atoms with E-state index in [4.69, 9.17) is 33.5 Å². The molecule has 0 amide bonds. The first-order valence-corrected chi connectivity index (χ1v) is 12.2. The fourth-order valence-corrected chi connectivity index (χ4v) is 5.24. The monoisotopic (exact) mass is 473 g/mol. The topological polar surface area (TPSA) is 62.3 Å². The Morgan fingerprint density at radius 3 is 2.66 bits per heavy atom. The molecule has 1 aliphatic carbocycles. The Morgan fingerprint density at radius 2 is 1.97 bits per heavy atom. The summed E-state index contributed by atoms with van der Waals surface area (Å²) in [6.07, 6.45) is 7.15. The average Bonchev–Trinajstić information content (AvgIpc) is 3.28. The molecule has 1 aliphatic heterocycles. The Balaban J connectivity index is 1.44. The Labute approximate surface area is 201 Å². The normalized spacial score (nSPS) is 20.1. The van der Waals surface area contributed by atoms with E-state index in [-0.39, 0.29) is 5.41 Å². The zero-order valence-electron chi connectivity index (χ0n) is 18.9. The van der Waals surface area contributed by atoms with Gasteiger partial charge in [-0.2, -0.15) is 9.97 Å². The minimum atomic E-state index is 0.0701. The number of methoxy groups -OCH3 is 1. The molecule has 2 fully saturated rings. The number of hydrogen-bond donors (Lipinski definition) is 2. The van der Waals surface area contributed by atoms with Crippen LogP contribution in [0.5, 0.6) is 5.88 Å². The molecule has 0 unspecified atom stereocenters. The van der Waals surface area contributed by atoms with Crippen LogP contribution in [0.25, 0.3) is 0 Å². The number of piperidine rings is 1. The van der Waals surface area contributed by atoms with Crippen molar-refractivity contribution in [1.82, 2.24) is 15.3 Å². The molecule has 0 spiro atoms. The Morgan fingerprint density at radius 1 is 1.22 bits per heavy atom. The van der Waals surface area contributed by atoms with E-state index in [2.05, 4.69) is 39.6 Å². The van der Waals surface area contributed by atoms with E-state index in [0.29, 0.717) is 22.9 Å². The zero-order valence-corrected chi connectivity index (χ0v) is 20.4. The molecular weight excluding hydrogens is 442 g/mol. The third-order valence-corrected chi connectivity index (χ3v) is 7.21. The van der Waals surface area contributed by atoms with Crippen LogP contribution in [0, 0.1) is 5.92 Å². The Hall–Kier alpha value is -2.12. The molecule has 4 rings (SSSR count). The second-order valence-corrected chi connectivity index (χ2v) is 9.93. The highest BCUT2D eigenvalue weighted by Gasteiger charge is 2.35. The van der Waals surface area contributed by atoms with Crippen LogP contribution in [0.2, 0.25) is 5.02 Å². The standard InChI is InChI=1S/C24H32ClN5OS/c1-17-6-5-13-30(15-17)20-14-21(31-2)28-22(27-20)29-23(32)26-16-24(11-3-4-12-24)18-7-9-19(25)10-8-18/h7-10,14,17H,3-6,11-13,15-16H2,1-2H3,(H2,26,27,28,29,32)/t17-/m0/s1. The van der Waals surface area contributed by atoms with Crippen molar-refractivity contribution >= 4 is 40.7 Å². The van der Waals surface area contributed by atoms with E-state index in [9.17, 15) is 0 Å². The number of anilines is 2. The van der Waals surface area contributed by atoms with Gasteiger partial charge in [-0.15, -0.1) is 0 Å². The first kappa shape index (κ1) is 23.1. The van der Waals surface area contributed by atoms with Crippen molar-refractivity contribution in [3.05, 3.63) is 40.9 Å².